The maximum absolute atomic E-state index is 9.28. The van der Waals surface area contributed by atoms with Gasteiger partial charge in [-0.15, -0.1) is 11.8 Å². The van der Waals surface area contributed by atoms with E-state index < -0.39 is 0 Å². The second kappa shape index (κ2) is 6.30. The van der Waals surface area contributed by atoms with Crippen LogP contribution in [0.1, 0.15) is 25.5 Å². The number of pyridine rings is 1. The number of aromatic nitrogens is 1. The molecule has 0 aliphatic heterocycles. The van der Waals surface area contributed by atoms with E-state index in [1.165, 1.54) is 0 Å². The van der Waals surface area contributed by atoms with E-state index in [1.54, 1.807) is 17.8 Å². The van der Waals surface area contributed by atoms with Crippen molar-refractivity contribution < 1.29 is 5.11 Å². The van der Waals surface area contributed by atoms with Crippen LogP contribution in [-0.4, -0.2) is 20.9 Å². The Morgan fingerprint density at radius 1 is 1.60 bits per heavy atom. The fourth-order valence-electron chi connectivity index (χ4n) is 1.02. The number of hydrogen-bond donors (Lipinski definition) is 1. The van der Waals surface area contributed by atoms with Crippen molar-refractivity contribution in [3.05, 3.63) is 23.0 Å². The number of thioether (sulfide) groups is 1. The third-order valence-electron chi connectivity index (χ3n) is 1.78. The maximum atomic E-state index is 9.28. The van der Waals surface area contributed by atoms with Gasteiger partial charge in [0.15, 0.2) is 0 Å². The molecule has 82 valence electrons. The summed E-state index contributed by atoms with van der Waals surface area (Å²) in [7, 11) is 0. The van der Waals surface area contributed by atoms with E-state index in [-0.39, 0.29) is 5.05 Å². The molecule has 0 aliphatic rings. The van der Waals surface area contributed by atoms with Crippen LogP contribution in [0.3, 0.4) is 0 Å². The van der Waals surface area contributed by atoms with Gasteiger partial charge < -0.3 is 5.11 Å². The molecule has 0 amide bonds. The van der Waals surface area contributed by atoms with Gasteiger partial charge in [0.05, 0.1) is 0 Å². The van der Waals surface area contributed by atoms with Crippen molar-refractivity contribution >= 4 is 40.6 Å². The highest BCUT2D eigenvalue weighted by atomic mass is 35.5. The van der Waals surface area contributed by atoms with Crippen LogP contribution in [0.15, 0.2) is 17.0 Å². The first-order chi connectivity index (χ1) is 7.15. The van der Waals surface area contributed by atoms with Crippen LogP contribution in [0.25, 0.3) is 0 Å². The first-order valence-electron chi connectivity index (χ1n) is 4.67. The molecule has 0 radical (unpaired) electrons. The Balaban J connectivity index is 2.81. The summed E-state index contributed by atoms with van der Waals surface area (Å²) < 4.78 is 0. The van der Waals surface area contributed by atoms with E-state index in [0.29, 0.717) is 10.8 Å². The van der Waals surface area contributed by atoms with Gasteiger partial charge in [0.1, 0.15) is 10.8 Å². The Kier molecular flexibility index (Phi) is 5.36. The molecule has 0 aromatic carbocycles. The fraction of sp³-hybridized carbons (Fsp3) is 0.400. The van der Waals surface area contributed by atoms with Crippen molar-refractivity contribution in [2.45, 2.75) is 24.7 Å². The van der Waals surface area contributed by atoms with E-state index in [4.69, 9.17) is 23.8 Å². The molecule has 5 heteroatoms. The number of aliphatic hydroxyl groups is 1. The van der Waals surface area contributed by atoms with Gasteiger partial charge in [0.25, 0.3) is 0 Å². The quantitative estimate of drug-likeness (QED) is 0.378. The Labute approximate surface area is 104 Å². The molecule has 1 aromatic rings. The van der Waals surface area contributed by atoms with Gasteiger partial charge in [0, 0.05) is 4.90 Å². The summed E-state index contributed by atoms with van der Waals surface area (Å²) in [5, 5.41) is 9.43. The first-order valence-corrected chi connectivity index (χ1v) is 6.45. The normalized spacial score (nSPS) is 10.3. The van der Waals surface area contributed by atoms with Crippen LogP contribution < -0.4 is 0 Å². The largest absolute Gasteiger partial charge is 0.497 e. The van der Waals surface area contributed by atoms with Gasteiger partial charge in [-0.2, -0.15) is 0 Å². The number of aliphatic hydroxyl groups excluding tert-OH is 1. The smallest absolute Gasteiger partial charge is 0.208 e. The summed E-state index contributed by atoms with van der Waals surface area (Å²) in [5.74, 6) is 0.995. The lowest BCUT2D eigenvalue weighted by atomic mass is 10.4. The molecule has 0 saturated heterocycles. The zero-order valence-corrected chi connectivity index (χ0v) is 10.8. The van der Waals surface area contributed by atoms with Crippen LogP contribution >= 0.6 is 35.6 Å². The molecule has 1 heterocycles. The first kappa shape index (κ1) is 12.7. The van der Waals surface area contributed by atoms with Crippen molar-refractivity contribution in [3.63, 3.8) is 0 Å². The summed E-state index contributed by atoms with van der Waals surface area (Å²) in [6.45, 7) is 2.14. The molecule has 1 rings (SSSR count). The molecule has 1 aromatic heterocycles. The van der Waals surface area contributed by atoms with Crippen LogP contribution in [0.5, 0.6) is 0 Å². The fourth-order valence-corrected chi connectivity index (χ4v) is 2.48. The number of nitrogens with zero attached hydrogens (tertiary/aromatic N) is 1. The lowest BCUT2D eigenvalue weighted by molar-refractivity contribution is 0.566. The molecular formula is C10H12ClNOS2. The van der Waals surface area contributed by atoms with Crippen molar-refractivity contribution in [2.75, 3.05) is 5.75 Å². The Bertz CT molecular complexity index is 357. The van der Waals surface area contributed by atoms with Gasteiger partial charge in [-0.1, -0.05) is 24.9 Å². The lowest BCUT2D eigenvalue weighted by Gasteiger charge is -2.05. The molecular weight excluding hydrogens is 250 g/mol. The lowest BCUT2D eigenvalue weighted by Crippen LogP contribution is -2.01. The van der Waals surface area contributed by atoms with E-state index in [1.807, 2.05) is 6.07 Å². The van der Waals surface area contributed by atoms with Gasteiger partial charge in [0.2, 0.25) is 5.05 Å². The number of hydrogen-bond acceptors (Lipinski definition) is 3. The summed E-state index contributed by atoms with van der Waals surface area (Å²) >= 11 is 12.1. The molecule has 0 fully saturated rings. The highest BCUT2D eigenvalue weighted by Crippen LogP contribution is 2.24. The Hall–Kier alpha value is -0.320. The summed E-state index contributed by atoms with van der Waals surface area (Å²) in [6.07, 6.45) is 2.28. The van der Waals surface area contributed by atoms with Crippen molar-refractivity contribution in [1.29, 1.82) is 0 Å². The van der Waals surface area contributed by atoms with E-state index in [9.17, 15) is 5.11 Å². The topological polar surface area (TPSA) is 33.1 Å². The van der Waals surface area contributed by atoms with Gasteiger partial charge in [-0.25, -0.2) is 4.98 Å². The molecule has 0 saturated carbocycles. The van der Waals surface area contributed by atoms with Crippen LogP contribution in [0.2, 0.25) is 5.15 Å². The number of thiocarbonyl (C=S) groups is 1. The predicted octanol–water partition coefficient (Wildman–Crippen LogP) is 3.86. The molecule has 1 N–H and O–H groups in total. The summed E-state index contributed by atoms with van der Waals surface area (Å²) in [6, 6.07) is 3.55. The van der Waals surface area contributed by atoms with E-state index in [2.05, 4.69) is 11.9 Å². The van der Waals surface area contributed by atoms with Crippen LogP contribution in [-0.2, 0) is 0 Å². The molecule has 15 heavy (non-hydrogen) atoms. The SMILES string of the molecule is CCCCSc1ccc(Cl)nc1C(O)=S. The second-order valence-electron chi connectivity index (χ2n) is 2.99. The van der Waals surface area contributed by atoms with Crippen LogP contribution in [0.4, 0.5) is 0 Å². The van der Waals surface area contributed by atoms with Gasteiger partial charge in [-0.3, -0.25) is 0 Å². The third-order valence-corrected chi connectivity index (χ3v) is 3.32. The van der Waals surface area contributed by atoms with E-state index in [0.717, 1.165) is 23.5 Å². The highest BCUT2D eigenvalue weighted by Gasteiger charge is 2.09. The average molecular weight is 262 g/mol. The average Bonchev–Trinajstić information content (AvgIpc) is 2.20. The molecule has 2 nitrogen and oxygen atoms in total. The monoisotopic (exact) mass is 261 g/mol. The summed E-state index contributed by atoms with van der Waals surface area (Å²) in [5.41, 5.74) is 0.415. The maximum Gasteiger partial charge on any atom is 0.208 e. The van der Waals surface area contributed by atoms with Crippen molar-refractivity contribution in [2.24, 2.45) is 0 Å². The third kappa shape index (κ3) is 3.97. The zero-order chi connectivity index (χ0) is 11.3. The Morgan fingerprint density at radius 3 is 2.93 bits per heavy atom. The second-order valence-corrected chi connectivity index (χ2v) is 4.90. The minimum absolute atomic E-state index is 0.198. The minimum Gasteiger partial charge on any atom is -0.497 e. The van der Waals surface area contributed by atoms with Crippen molar-refractivity contribution in [3.8, 4) is 0 Å². The van der Waals surface area contributed by atoms with Gasteiger partial charge in [-0.05, 0) is 36.5 Å². The standard InChI is InChI=1S/C10H12ClNOS2/c1-2-3-6-15-7-4-5-8(11)12-9(7)10(13)14/h4-5H,2-3,6H2,1H3,(H,13,14). The molecule has 0 spiro atoms. The zero-order valence-electron chi connectivity index (χ0n) is 8.36. The molecule has 0 bridgehead atoms. The Morgan fingerprint density at radius 2 is 2.33 bits per heavy atom. The van der Waals surface area contributed by atoms with Crippen molar-refractivity contribution in [1.82, 2.24) is 4.98 Å². The number of rotatable bonds is 5. The minimum atomic E-state index is -0.198. The predicted molar refractivity (Wildman–Crippen MR) is 69.2 cm³/mol. The van der Waals surface area contributed by atoms with Crippen LogP contribution in [0, 0.1) is 0 Å². The number of halogens is 1. The summed E-state index contributed by atoms with van der Waals surface area (Å²) in [4.78, 5) is 4.89. The van der Waals surface area contributed by atoms with Gasteiger partial charge >= 0.3 is 0 Å². The van der Waals surface area contributed by atoms with E-state index >= 15 is 0 Å². The molecule has 0 atom stereocenters. The molecule has 0 unspecified atom stereocenters. The number of unbranched alkanes of at least 4 members (excludes halogenated alkanes) is 1. The molecule has 0 aliphatic carbocycles. The highest BCUT2D eigenvalue weighted by molar-refractivity contribution is 7.99.